The van der Waals surface area contributed by atoms with Crippen LogP contribution in [0.3, 0.4) is 0 Å². The number of carbonyl (C=O) groups is 3. The first kappa shape index (κ1) is 20.3. The minimum atomic E-state index is -1.21. The molecule has 0 spiro atoms. The van der Waals surface area contributed by atoms with E-state index in [1.165, 1.54) is 0 Å². The lowest BCUT2D eigenvalue weighted by Gasteiger charge is -2.32. The summed E-state index contributed by atoms with van der Waals surface area (Å²) in [5.41, 5.74) is -0.576. The molecule has 0 radical (unpaired) electrons. The minimum Gasteiger partial charge on any atom is -0.497 e. The summed E-state index contributed by atoms with van der Waals surface area (Å²) in [5.74, 6) is 0.208. The number of carbonyl (C=O) groups excluding carboxylic acids is 3. The normalized spacial score (nSPS) is 24.1. The number of methoxy groups -OCH3 is 1. The Kier molecular flexibility index (Phi) is 5.46. The van der Waals surface area contributed by atoms with Crippen LogP contribution in [0.15, 0.2) is 35.8 Å². The van der Waals surface area contributed by atoms with E-state index in [1.807, 2.05) is 5.38 Å². The van der Waals surface area contributed by atoms with E-state index in [0.29, 0.717) is 24.4 Å². The molecule has 2 aromatic rings. The number of benzene rings is 1. The maximum Gasteiger partial charge on any atom is 0.325 e. The number of nitrogens with zero attached hydrogens (tertiary/aromatic N) is 3. The number of aromatic nitrogens is 1. The Morgan fingerprint density at radius 1 is 1.33 bits per heavy atom. The highest BCUT2D eigenvalue weighted by atomic mass is 32.1. The van der Waals surface area contributed by atoms with Crippen molar-refractivity contribution >= 4 is 29.2 Å². The molecule has 2 saturated heterocycles. The standard InChI is InChI=1S/C21H24N4O4S/c1-21(15-5-7-16(29-2)8-6-15)19(27)25(20(28)23-21)13-17(26)24-10-3-4-14(12-24)18-22-9-11-30-18/h5-9,11,14H,3-4,10,12-13H2,1-2H3,(H,23,28). The molecule has 2 fully saturated rings. The summed E-state index contributed by atoms with van der Waals surface area (Å²) in [5, 5.41) is 5.70. The molecule has 158 valence electrons. The number of imide groups is 1. The van der Waals surface area contributed by atoms with Crippen LogP contribution >= 0.6 is 11.3 Å². The average Bonchev–Trinajstić information content (AvgIpc) is 3.38. The largest absolute Gasteiger partial charge is 0.497 e. The van der Waals surface area contributed by atoms with E-state index in [0.717, 1.165) is 22.7 Å². The third-order valence-electron chi connectivity index (χ3n) is 5.81. The molecule has 1 aromatic carbocycles. The van der Waals surface area contributed by atoms with Crippen molar-refractivity contribution in [2.45, 2.75) is 31.2 Å². The number of ether oxygens (including phenoxy) is 1. The van der Waals surface area contributed by atoms with Gasteiger partial charge < -0.3 is 15.0 Å². The summed E-state index contributed by atoms with van der Waals surface area (Å²) in [7, 11) is 1.56. The zero-order valence-electron chi connectivity index (χ0n) is 17.0. The number of thiazole rings is 1. The van der Waals surface area contributed by atoms with Crippen LogP contribution in [-0.4, -0.2) is 59.4 Å². The summed E-state index contributed by atoms with van der Waals surface area (Å²) in [6, 6.07) is 6.40. The van der Waals surface area contributed by atoms with E-state index in [2.05, 4.69) is 10.3 Å². The zero-order chi connectivity index (χ0) is 21.3. The van der Waals surface area contributed by atoms with Crippen LogP contribution in [0.5, 0.6) is 5.75 Å². The lowest BCUT2D eigenvalue weighted by Crippen LogP contribution is -2.47. The highest BCUT2D eigenvalue weighted by molar-refractivity contribution is 7.09. The van der Waals surface area contributed by atoms with Crippen molar-refractivity contribution in [1.29, 1.82) is 0 Å². The molecule has 0 aliphatic carbocycles. The van der Waals surface area contributed by atoms with Crippen molar-refractivity contribution in [3.8, 4) is 5.75 Å². The van der Waals surface area contributed by atoms with Gasteiger partial charge in [0, 0.05) is 30.6 Å². The number of nitrogens with one attached hydrogen (secondary N) is 1. The van der Waals surface area contributed by atoms with Gasteiger partial charge in [0.05, 0.1) is 12.1 Å². The number of likely N-dealkylation sites (tertiary alicyclic amines) is 1. The fraction of sp³-hybridized carbons (Fsp3) is 0.429. The lowest BCUT2D eigenvalue weighted by atomic mass is 9.92. The molecule has 2 atom stereocenters. The number of rotatable bonds is 5. The van der Waals surface area contributed by atoms with Crippen molar-refractivity contribution in [3.05, 3.63) is 46.4 Å². The number of hydrogen-bond acceptors (Lipinski definition) is 6. The van der Waals surface area contributed by atoms with Crippen LogP contribution in [-0.2, 0) is 15.1 Å². The summed E-state index contributed by atoms with van der Waals surface area (Å²) in [6.45, 7) is 2.58. The van der Waals surface area contributed by atoms with E-state index in [1.54, 1.807) is 60.7 Å². The number of urea groups is 1. The zero-order valence-corrected chi connectivity index (χ0v) is 17.8. The fourth-order valence-electron chi connectivity index (χ4n) is 4.04. The molecule has 0 bridgehead atoms. The van der Waals surface area contributed by atoms with E-state index in [9.17, 15) is 14.4 Å². The van der Waals surface area contributed by atoms with Crippen molar-refractivity contribution in [2.75, 3.05) is 26.7 Å². The van der Waals surface area contributed by atoms with Crippen LogP contribution in [0, 0.1) is 0 Å². The predicted octanol–water partition coefficient (Wildman–Crippen LogP) is 2.32. The molecular weight excluding hydrogens is 404 g/mol. The van der Waals surface area contributed by atoms with E-state index in [4.69, 9.17) is 4.74 Å². The third-order valence-corrected chi connectivity index (χ3v) is 6.75. The van der Waals surface area contributed by atoms with Gasteiger partial charge in [-0.2, -0.15) is 0 Å². The smallest absolute Gasteiger partial charge is 0.325 e. The summed E-state index contributed by atoms with van der Waals surface area (Å²) < 4.78 is 5.15. The Bertz CT molecular complexity index is 946. The van der Waals surface area contributed by atoms with Gasteiger partial charge in [-0.15, -0.1) is 11.3 Å². The Hall–Kier alpha value is -2.94. The van der Waals surface area contributed by atoms with Gasteiger partial charge in [-0.25, -0.2) is 9.78 Å². The Labute approximate surface area is 178 Å². The molecule has 9 heteroatoms. The molecule has 2 unspecified atom stereocenters. The first-order chi connectivity index (χ1) is 14.4. The van der Waals surface area contributed by atoms with Crippen molar-refractivity contribution < 1.29 is 19.1 Å². The average molecular weight is 429 g/mol. The maximum absolute atomic E-state index is 13.1. The van der Waals surface area contributed by atoms with Gasteiger partial charge in [0.2, 0.25) is 5.91 Å². The molecule has 3 heterocycles. The predicted molar refractivity (Wildman–Crippen MR) is 111 cm³/mol. The monoisotopic (exact) mass is 428 g/mol. The van der Waals surface area contributed by atoms with Gasteiger partial charge in [0.25, 0.3) is 5.91 Å². The molecule has 30 heavy (non-hydrogen) atoms. The molecule has 2 aliphatic rings. The molecule has 4 rings (SSSR count). The molecule has 1 aromatic heterocycles. The Morgan fingerprint density at radius 3 is 2.77 bits per heavy atom. The van der Waals surface area contributed by atoms with Gasteiger partial charge in [-0.1, -0.05) is 12.1 Å². The van der Waals surface area contributed by atoms with Crippen molar-refractivity contribution in [2.24, 2.45) is 0 Å². The summed E-state index contributed by atoms with van der Waals surface area (Å²) in [6.07, 6.45) is 3.63. The Morgan fingerprint density at radius 2 is 2.10 bits per heavy atom. The molecule has 8 nitrogen and oxygen atoms in total. The molecular formula is C21H24N4O4S. The highest BCUT2D eigenvalue weighted by Gasteiger charge is 2.49. The lowest BCUT2D eigenvalue weighted by molar-refractivity contribution is -0.139. The van der Waals surface area contributed by atoms with Crippen LogP contribution in [0.2, 0.25) is 0 Å². The number of hydrogen-bond donors (Lipinski definition) is 1. The molecule has 0 saturated carbocycles. The van der Waals surface area contributed by atoms with Gasteiger partial charge in [-0.05, 0) is 37.5 Å². The highest BCUT2D eigenvalue weighted by Crippen LogP contribution is 2.31. The number of piperidine rings is 1. The van der Waals surface area contributed by atoms with E-state index < -0.39 is 17.5 Å². The van der Waals surface area contributed by atoms with Gasteiger partial charge >= 0.3 is 6.03 Å². The van der Waals surface area contributed by atoms with Crippen molar-refractivity contribution in [3.63, 3.8) is 0 Å². The molecule has 4 amide bonds. The van der Waals surface area contributed by atoms with E-state index >= 15 is 0 Å². The van der Waals surface area contributed by atoms with E-state index in [-0.39, 0.29) is 18.4 Å². The SMILES string of the molecule is COc1ccc(C2(C)NC(=O)N(CC(=O)N3CCCC(c4nccs4)C3)C2=O)cc1. The Balaban J connectivity index is 1.45. The van der Waals surface area contributed by atoms with Crippen molar-refractivity contribution in [1.82, 2.24) is 20.1 Å². The van der Waals surface area contributed by atoms with Crippen LogP contribution in [0.1, 0.15) is 36.3 Å². The van der Waals surface area contributed by atoms with Crippen LogP contribution in [0.25, 0.3) is 0 Å². The quantitative estimate of drug-likeness (QED) is 0.738. The summed E-state index contributed by atoms with van der Waals surface area (Å²) in [4.78, 5) is 45.7. The third kappa shape index (κ3) is 3.65. The van der Waals surface area contributed by atoms with Crippen LogP contribution in [0.4, 0.5) is 4.79 Å². The fourth-order valence-corrected chi connectivity index (χ4v) is 4.80. The molecule has 1 N–H and O–H groups in total. The van der Waals surface area contributed by atoms with Gasteiger partial charge in [0.1, 0.15) is 17.8 Å². The second-order valence-electron chi connectivity index (χ2n) is 7.72. The molecule has 2 aliphatic heterocycles. The number of amides is 4. The first-order valence-corrected chi connectivity index (χ1v) is 10.8. The summed E-state index contributed by atoms with van der Waals surface area (Å²) >= 11 is 1.59. The first-order valence-electron chi connectivity index (χ1n) is 9.88. The van der Waals surface area contributed by atoms with Gasteiger partial charge in [-0.3, -0.25) is 14.5 Å². The second kappa shape index (κ2) is 8.06. The minimum absolute atomic E-state index is 0.204. The topological polar surface area (TPSA) is 91.8 Å². The van der Waals surface area contributed by atoms with Gasteiger partial charge in [0.15, 0.2) is 0 Å². The van der Waals surface area contributed by atoms with Crippen LogP contribution < -0.4 is 10.1 Å². The second-order valence-corrected chi connectivity index (χ2v) is 8.65. The maximum atomic E-state index is 13.1.